The van der Waals surface area contributed by atoms with Crippen molar-refractivity contribution in [3.63, 3.8) is 0 Å². The molecule has 4 heterocycles. The highest BCUT2D eigenvalue weighted by atomic mass is 19.1. The molecular weight excluding hydrogens is 357 g/mol. The van der Waals surface area contributed by atoms with E-state index in [1.807, 2.05) is 19.3 Å². The number of halogens is 1. The van der Waals surface area contributed by atoms with Gasteiger partial charge in [0, 0.05) is 37.2 Å². The quantitative estimate of drug-likeness (QED) is 0.694. The topological polar surface area (TPSA) is 64.0 Å². The number of anilines is 1. The molecule has 6 nitrogen and oxygen atoms in total. The van der Waals surface area contributed by atoms with Crippen LogP contribution < -0.4 is 9.64 Å². The summed E-state index contributed by atoms with van der Waals surface area (Å²) in [6.45, 7) is 4.37. The number of fused-ring (bicyclic) bond motifs is 1. The summed E-state index contributed by atoms with van der Waals surface area (Å²) in [6, 6.07) is 5.03. The molecule has 2 atom stereocenters. The van der Waals surface area contributed by atoms with Gasteiger partial charge in [-0.3, -0.25) is 9.97 Å². The van der Waals surface area contributed by atoms with Gasteiger partial charge in [0.15, 0.2) is 5.82 Å². The van der Waals surface area contributed by atoms with E-state index in [9.17, 15) is 4.39 Å². The molecule has 3 aromatic rings. The van der Waals surface area contributed by atoms with Crippen molar-refractivity contribution in [1.82, 2.24) is 19.9 Å². The lowest BCUT2D eigenvalue weighted by atomic mass is 10.2. The predicted molar refractivity (Wildman–Crippen MR) is 105 cm³/mol. The second-order valence-electron chi connectivity index (χ2n) is 7.16. The molecule has 0 spiro atoms. The van der Waals surface area contributed by atoms with E-state index < -0.39 is 0 Å². The number of rotatable bonds is 3. The zero-order valence-electron chi connectivity index (χ0n) is 15.9. The summed E-state index contributed by atoms with van der Waals surface area (Å²) < 4.78 is 18.3. The van der Waals surface area contributed by atoms with Gasteiger partial charge in [0.25, 0.3) is 0 Å². The highest BCUT2D eigenvalue weighted by Gasteiger charge is 2.45. The van der Waals surface area contributed by atoms with E-state index in [-0.39, 0.29) is 5.82 Å². The Balaban J connectivity index is 0.000000138. The molecule has 28 heavy (non-hydrogen) atoms. The van der Waals surface area contributed by atoms with Crippen LogP contribution in [-0.2, 0) is 0 Å². The summed E-state index contributed by atoms with van der Waals surface area (Å²) in [7, 11) is 1.56. The number of ether oxygens (including phenoxy) is 1. The monoisotopic (exact) mass is 379 g/mol. The zero-order chi connectivity index (χ0) is 19.5. The Hall–Kier alpha value is -3.09. The van der Waals surface area contributed by atoms with Crippen LogP contribution in [0.4, 0.5) is 10.3 Å². The first-order valence-electron chi connectivity index (χ1n) is 9.27. The standard InChI is InChI=1S/C11H9FN2O.C10H13N3/c1-15-8-2-3-11(14-6-8)9-4-5-13-7-10(9)12;1-7-3-11-10(12-4-7)13-5-8-2-9(8)6-13/h2-7H,1H3;3-4,8-9H,2,5-6H2,1H3. The molecule has 5 rings (SSSR count). The van der Waals surface area contributed by atoms with E-state index in [2.05, 4.69) is 24.8 Å². The van der Waals surface area contributed by atoms with Crippen molar-refractivity contribution in [2.75, 3.05) is 25.1 Å². The molecule has 3 aromatic heterocycles. The van der Waals surface area contributed by atoms with Crippen molar-refractivity contribution in [2.24, 2.45) is 11.8 Å². The summed E-state index contributed by atoms with van der Waals surface area (Å²) in [5, 5.41) is 0. The number of hydrogen-bond donors (Lipinski definition) is 0. The first-order valence-corrected chi connectivity index (χ1v) is 9.27. The summed E-state index contributed by atoms with van der Waals surface area (Å²) in [4.78, 5) is 18.7. The van der Waals surface area contributed by atoms with Gasteiger partial charge in [0.2, 0.25) is 5.95 Å². The second kappa shape index (κ2) is 7.88. The number of hydrogen-bond acceptors (Lipinski definition) is 6. The number of nitrogens with zero attached hydrogens (tertiary/aromatic N) is 5. The van der Waals surface area contributed by atoms with Crippen LogP contribution in [0.15, 0.2) is 49.2 Å². The number of aryl methyl sites for hydroxylation is 1. The fourth-order valence-corrected chi connectivity index (χ4v) is 3.35. The fourth-order valence-electron chi connectivity index (χ4n) is 3.35. The highest BCUT2D eigenvalue weighted by Crippen LogP contribution is 2.45. The van der Waals surface area contributed by atoms with Crippen LogP contribution >= 0.6 is 0 Å². The van der Waals surface area contributed by atoms with Crippen molar-refractivity contribution in [1.29, 1.82) is 0 Å². The van der Waals surface area contributed by atoms with Gasteiger partial charge in [-0.1, -0.05) is 0 Å². The van der Waals surface area contributed by atoms with Gasteiger partial charge >= 0.3 is 0 Å². The molecule has 2 fully saturated rings. The first-order chi connectivity index (χ1) is 13.6. The molecule has 1 saturated carbocycles. The van der Waals surface area contributed by atoms with Gasteiger partial charge in [-0.05, 0) is 48.9 Å². The summed E-state index contributed by atoms with van der Waals surface area (Å²) in [6.07, 6.45) is 9.47. The van der Waals surface area contributed by atoms with E-state index in [0.29, 0.717) is 17.0 Å². The van der Waals surface area contributed by atoms with Crippen molar-refractivity contribution in [3.8, 4) is 17.0 Å². The van der Waals surface area contributed by atoms with Crippen LogP contribution in [0.5, 0.6) is 5.75 Å². The van der Waals surface area contributed by atoms with E-state index in [4.69, 9.17) is 4.74 Å². The Morgan fingerprint density at radius 3 is 2.36 bits per heavy atom. The van der Waals surface area contributed by atoms with Crippen molar-refractivity contribution < 1.29 is 9.13 Å². The molecule has 1 aliphatic heterocycles. The molecule has 0 N–H and O–H groups in total. The van der Waals surface area contributed by atoms with Crippen molar-refractivity contribution in [3.05, 3.63) is 60.6 Å². The maximum absolute atomic E-state index is 13.3. The average molecular weight is 379 g/mol. The molecule has 0 radical (unpaired) electrons. The van der Waals surface area contributed by atoms with Gasteiger partial charge in [-0.2, -0.15) is 0 Å². The number of aromatic nitrogens is 4. The molecule has 2 unspecified atom stereocenters. The van der Waals surface area contributed by atoms with Gasteiger partial charge in [-0.15, -0.1) is 0 Å². The average Bonchev–Trinajstić information content (AvgIpc) is 3.34. The maximum Gasteiger partial charge on any atom is 0.225 e. The van der Waals surface area contributed by atoms with Crippen LogP contribution in [0.25, 0.3) is 11.3 Å². The minimum absolute atomic E-state index is 0.379. The molecule has 2 aliphatic rings. The molecule has 7 heteroatoms. The Bertz CT molecular complexity index is 922. The lowest BCUT2D eigenvalue weighted by molar-refractivity contribution is 0.413. The van der Waals surface area contributed by atoms with E-state index in [1.165, 1.54) is 31.9 Å². The smallest absolute Gasteiger partial charge is 0.225 e. The lowest BCUT2D eigenvalue weighted by Gasteiger charge is -2.16. The van der Waals surface area contributed by atoms with Crippen LogP contribution in [0.2, 0.25) is 0 Å². The molecule has 0 amide bonds. The van der Waals surface area contributed by atoms with E-state index in [1.54, 1.807) is 31.5 Å². The summed E-state index contributed by atoms with van der Waals surface area (Å²) >= 11 is 0. The minimum atomic E-state index is -0.379. The zero-order valence-corrected chi connectivity index (χ0v) is 15.9. The molecule has 1 saturated heterocycles. The van der Waals surface area contributed by atoms with Crippen LogP contribution in [0.1, 0.15) is 12.0 Å². The normalized spacial score (nSPS) is 19.5. The molecule has 1 aliphatic carbocycles. The minimum Gasteiger partial charge on any atom is -0.495 e. The third-order valence-corrected chi connectivity index (χ3v) is 5.05. The van der Waals surface area contributed by atoms with Gasteiger partial charge in [-0.25, -0.2) is 14.4 Å². The first kappa shape index (κ1) is 18.3. The SMILES string of the molecule is COc1ccc(-c2ccncc2F)nc1.Cc1cnc(N2CC3CC3C2)nc1. The van der Waals surface area contributed by atoms with Crippen molar-refractivity contribution in [2.45, 2.75) is 13.3 Å². The maximum atomic E-state index is 13.3. The Labute approximate surface area is 163 Å². The molecular formula is C21H22FN5O. The van der Waals surface area contributed by atoms with Gasteiger partial charge < -0.3 is 9.64 Å². The van der Waals surface area contributed by atoms with Crippen LogP contribution in [-0.4, -0.2) is 40.1 Å². The number of piperidine rings is 1. The van der Waals surface area contributed by atoms with Crippen LogP contribution in [0.3, 0.4) is 0 Å². The molecule has 144 valence electrons. The summed E-state index contributed by atoms with van der Waals surface area (Å²) in [5.74, 6) is 3.08. The Kier molecular flexibility index (Phi) is 5.14. The second-order valence-corrected chi connectivity index (χ2v) is 7.16. The molecule has 0 aromatic carbocycles. The Morgan fingerprint density at radius 2 is 1.75 bits per heavy atom. The van der Waals surface area contributed by atoms with Crippen molar-refractivity contribution >= 4 is 5.95 Å². The predicted octanol–water partition coefficient (Wildman–Crippen LogP) is 3.53. The van der Waals surface area contributed by atoms with Gasteiger partial charge in [0.05, 0.1) is 25.2 Å². The van der Waals surface area contributed by atoms with E-state index in [0.717, 1.165) is 23.3 Å². The van der Waals surface area contributed by atoms with Gasteiger partial charge in [0.1, 0.15) is 5.75 Å². The number of methoxy groups -OCH3 is 1. The number of pyridine rings is 2. The summed E-state index contributed by atoms with van der Waals surface area (Å²) in [5.41, 5.74) is 2.14. The third kappa shape index (κ3) is 4.08. The lowest BCUT2D eigenvalue weighted by Crippen LogP contribution is -2.23. The molecule has 0 bridgehead atoms. The Morgan fingerprint density at radius 1 is 1.00 bits per heavy atom. The third-order valence-electron chi connectivity index (χ3n) is 5.05. The highest BCUT2D eigenvalue weighted by molar-refractivity contribution is 5.59. The largest absolute Gasteiger partial charge is 0.495 e. The van der Waals surface area contributed by atoms with Crippen LogP contribution in [0, 0.1) is 24.6 Å². The van der Waals surface area contributed by atoms with E-state index >= 15 is 0 Å². The fraction of sp³-hybridized carbons (Fsp3) is 0.333.